The molecule has 2 N–H and O–H groups in total. The highest BCUT2D eigenvalue weighted by Crippen LogP contribution is 2.11. The van der Waals surface area contributed by atoms with Crippen LogP contribution in [0.2, 0.25) is 0 Å². The number of carbonyl (C=O) groups is 1. The van der Waals surface area contributed by atoms with Gasteiger partial charge in [-0.2, -0.15) is 0 Å². The van der Waals surface area contributed by atoms with Gasteiger partial charge in [0.15, 0.2) is 0 Å². The fourth-order valence-corrected chi connectivity index (χ4v) is 2.95. The highest BCUT2D eigenvalue weighted by atomic mass is 16.5. The molecule has 0 spiro atoms. The molecule has 1 amide bonds. The number of carbonyl (C=O) groups excluding carboxylic acids is 1. The second kappa shape index (κ2) is 9.61. The molecule has 24 heavy (non-hydrogen) atoms. The van der Waals surface area contributed by atoms with Crippen LogP contribution < -0.4 is 10.1 Å². The number of ether oxygens (including phenoxy) is 1. The second-order valence-corrected chi connectivity index (χ2v) is 6.17. The summed E-state index contributed by atoms with van der Waals surface area (Å²) in [5.74, 6) is 0.927. The molecule has 0 bridgehead atoms. The van der Waals surface area contributed by atoms with Crippen LogP contribution in [-0.2, 0) is 11.2 Å². The van der Waals surface area contributed by atoms with Crippen LogP contribution in [0, 0.1) is 0 Å². The topological polar surface area (TPSA) is 65.0 Å². The molecule has 1 atom stereocenters. The van der Waals surface area contributed by atoms with Crippen molar-refractivity contribution in [3.05, 3.63) is 29.8 Å². The first kappa shape index (κ1) is 18.7. The van der Waals surface area contributed by atoms with Crippen LogP contribution in [0.4, 0.5) is 0 Å². The number of β-amino-alcohol motifs (C(OH)–C–C–N with tert-alkyl or cyclic N) is 1. The van der Waals surface area contributed by atoms with Crippen molar-refractivity contribution in [1.82, 2.24) is 15.1 Å². The molecule has 0 aliphatic carbocycles. The van der Waals surface area contributed by atoms with E-state index in [9.17, 15) is 4.79 Å². The Balaban J connectivity index is 1.69. The summed E-state index contributed by atoms with van der Waals surface area (Å²) in [6.45, 7) is 7.07. The van der Waals surface area contributed by atoms with E-state index in [4.69, 9.17) is 9.84 Å². The summed E-state index contributed by atoms with van der Waals surface area (Å²) in [6.07, 6.45) is 0.812. The minimum Gasteiger partial charge on any atom is -0.497 e. The van der Waals surface area contributed by atoms with Crippen LogP contribution in [0.15, 0.2) is 24.3 Å². The van der Waals surface area contributed by atoms with E-state index in [1.807, 2.05) is 31.2 Å². The van der Waals surface area contributed by atoms with E-state index in [1.165, 1.54) is 5.56 Å². The number of aliphatic hydroxyl groups excluding tert-OH is 1. The Kier molecular flexibility index (Phi) is 7.49. The fraction of sp³-hybridized carbons (Fsp3) is 0.611. The van der Waals surface area contributed by atoms with E-state index in [0.29, 0.717) is 6.54 Å². The van der Waals surface area contributed by atoms with E-state index in [-0.39, 0.29) is 18.6 Å². The summed E-state index contributed by atoms with van der Waals surface area (Å²) >= 11 is 0. The van der Waals surface area contributed by atoms with Crippen LogP contribution in [0.3, 0.4) is 0 Å². The lowest BCUT2D eigenvalue weighted by Gasteiger charge is -2.37. The minimum absolute atomic E-state index is 0.0825. The normalized spacial score (nSPS) is 17.5. The third kappa shape index (κ3) is 5.47. The third-order valence-corrected chi connectivity index (χ3v) is 4.62. The Morgan fingerprint density at radius 3 is 2.50 bits per heavy atom. The number of hydrogen-bond acceptors (Lipinski definition) is 5. The van der Waals surface area contributed by atoms with Gasteiger partial charge in [0.2, 0.25) is 5.91 Å². The monoisotopic (exact) mass is 335 g/mol. The molecule has 6 nitrogen and oxygen atoms in total. The first-order chi connectivity index (χ1) is 11.6. The summed E-state index contributed by atoms with van der Waals surface area (Å²) in [5, 5.41) is 12.0. The Hall–Kier alpha value is -1.63. The largest absolute Gasteiger partial charge is 0.497 e. The van der Waals surface area contributed by atoms with Gasteiger partial charge in [-0.1, -0.05) is 12.1 Å². The Labute approximate surface area is 144 Å². The summed E-state index contributed by atoms with van der Waals surface area (Å²) in [4.78, 5) is 16.7. The number of amides is 1. The van der Waals surface area contributed by atoms with Crippen LogP contribution in [0.25, 0.3) is 0 Å². The third-order valence-electron chi connectivity index (χ3n) is 4.62. The van der Waals surface area contributed by atoms with E-state index in [0.717, 1.165) is 44.9 Å². The number of hydrogen-bond donors (Lipinski definition) is 2. The molecule has 0 unspecified atom stereocenters. The maximum atomic E-state index is 12.3. The molecule has 0 aromatic heterocycles. The molecule has 6 heteroatoms. The average Bonchev–Trinajstić information content (AvgIpc) is 2.62. The lowest BCUT2D eigenvalue weighted by Crippen LogP contribution is -2.54. The Morgan fingerprint density at radius 1 is 1.25 bits per heavy atom. The summed E-state index contributed by atoms with van der Waals surface area (Å²) in [6, 6.07) is 7.80. The van der Waals surface area contributed by atoms with Crippen molar-refractivity contribution in [3.8, 4) is 5.75 Å². The van der Waals surface area contributed by atoms with Gasteiger partial charge < -0.3 is 15.2 Å². The Bertz CT molecular complexity index is 499. The van der Waals surface area contributed by atoms with E-state index in [1.54, 1.807) is 7.11 Å². The zero-order chi connectivity index (χ0) is 17.4. The molecule has 1 aromatic rings. The van der Waals surface area contributed by atoms with Gasteiger partial charge in [-0.25, -0.2) is 0 Å². The molecule has 1 aliphatic heterocycles. The molecule has 134 valence electrons. The zero-order valence-electron chi connectivity index (χ0n) is 14.7. The predicted octanol–water partition coefficient (Wildman–Crippen LogP) is 0.352. The van der Waals surface area contributed by atoms with Crippen LogP contribution in [0.5, 0.6) is 5.75 Å². The summed E-state index contributed by atoms with van der Waals surface area (Å²) in [7, 11) is 1.65. The number of methoxy groups -OCH3 is 1. The van der Waals surface area contributed by atoms with Crippen molar-refractivity contribution in [2.45, 2.75) is 19.4 Å². The maximum absolute atomic E-state index is 12.3. The number of nitrogens with one attached hydrogen (secondary N) is 1. The highest BCUT2D eigenvalue weighted by Gasteiger charge is 2.24. The lowest BCUT2D eigenvalue weighted by atomic mass is 10.1. The van der Waals surface area contributed by atoms with Crippen LogP contribution in [-0.4, -0.2) is 79.8 Å². The number of aliphatic hydroxyl groups is 1. The fourth-order valence-electron chi connectivity index (χ4n) is 2.95. The standard InChI is InChI=1S/C18H29N3O3/c1-15(21-11-9-20(10-12-21)13-14-22)18(23)19-8-7-16-3-5-17(24-2)6-4-16/h3-6,15,22H,7-14H2,1-2H3,(H,19,23)/t15-/m1/s1. The van der Waals surface area contributed by atoms with Gasteiger partial charge in [0.25, 0.3) is 0 Å². The van der Waals surface area contributed by atoms with Crippen molar-refractivity contribution in [1.29, 1.82) is 0 Å². The van der Waals surface area contributed by atoms with Gasteiger partial charge in [0.1, 0.15) is 5.75 Å². The predicted molar refractivity (Wildman–Crippen MR) is 94.3 cm³/mol. The molecule has 1 aromatic carbocycles. The minimum atomic E-state index is -0.114. The molecule has 2 rings (SSSR count). The van der Waals surface area contributed by atoms with E-state index >= 15 is 0 Å². The van der Waals surface area contributed by atoms with Gasteiger partial charge in [-0.15, -0.1) is 0 Å². The molecule has 1 saturated heterocycles. The van der Waals surface area contributed by atoms with Crippen molar-refractivity contribution < 1.29 is 14.6 Å². The Morgan fingerprint density at radius 2 is 1.92 bits per heavy atom. The molecule has 1 heterocycles. The SMILES string of the molecule is COc1ccc(CCNC(=O)[C@@H](C)N2CCN(CCO)CC2)cc1. The smallest absolute Gasteiger partial charge is 0.237 e. The van der Waals surface area contributed by atoms with Crippen molar-refractivity contribution >= 4 is 5.91 Å². The van der Waals surface area contributed by atoms with Gasteiger partial charge in [0.05, 0.1) is 19.8 Å². The number of rotatable bonds is 8. The van der Waals surface area contributed by atoms with Crippen molar-refractivity contribution in [2.24, 2.45) is 0 Å². The molecular weight excluding hydrogens is 306 g/mol. The lowest BCUT2D eigenvalue weighted by molar-refractivity contribution is -0.126. The quantitative estimate of drug-likeness (QED) is 0.718. The molecule has 0 saturated carbocycles. The van der Waals surface area contributed by atoms with Gasteiger partial charge in [0, 0.05) is 39.3 Å². The molecule has 1 aliphatic rings. The second-order valence-electron chi connectivity index (χ2n) is 6.17. The molecular formula is C18H29N3O3. The number of benzene rings is 1. The summed E-state index contributed by atoms with van der Waals surface area (Å²) < 4.78 is 5.14. The number of piperazine rings is 1. The highest BCUT2D eigenvalue weighted by molar-refractivity contribution is 5.81. The van der Waals surface area contributed by atoms with Crippen LogP contribution >= 0.6 is 0 Å². The first-order valence-electron chi connectivity index (χ1n) is 8.62. The van der Waals surface area contributed by atoms with Crippen molar-refractivity contribution in [2.75, 3.05) is 53.0 Å². The van der Waals surface area contributed by atoms with Crippen molar-refractivity contribution in [3.63, 3.8) is 0 Å². The maximum Gasteiger partial charge on any atom is 0.237 e. The average molecular weight is 335 g/mol. The van der Waals surface area contributed by atoms with E-state index < -0.39 is 0 Å². The van der Waals surface area contributed by atoms with E-state index in [2.05, 4.69) is 15.1 Å². The summed E-state index contributed by atoms with van der Waals surface area (Å²) in [5.41, 5.74) is 1.18. The van der Waals surface area contributed by atoms with Gasteiger partial charge >= 0.3 is 0 Å². The molecule has 1 fully saturated rings. The molecule has 0 radical (unpaired) electrons. The van der Waals surface area contributed by atoms with Crippen LogP contribution in [0.1, 0.15) is 12.5 Å². The first-order valence-corrected chi connectivity index (χ1v) is 8.62. The van der Waals surface area contributed by atoms with Gasteiger partial charge in [-0.05, 0) is 31.0 Å². The zero-order valence-corrected chi connectivity index (χ0v) is 14.7. The number of nitrogens with zero attached hydrogens (tertiary/aromatic N) is 2. The van der Waals surface area contributed by atoms with Gasteiger partial charge in [-0.3, -0.25) is 14.6 Å².